The molecular formula is C36H23N. The van der Waals surface area contributed by atoms with E-state index in [0.717, 1.165) is 11.4 Å². The Morgan fingerprint density at radius 1 is 0.351 bits per heavy atom. The van der Waals surface area contributed by atoms with Crippen LogP contribution in [0.4, 0.5) is 17.1 Å². The highest BCUT2D eigenvalue weighted by Gasteiger charge is 2.24. The number of rotatable bonds is 3. The van der Waals surface area contributed by atoms with Gasteiger partial charge in [-0.3, -0.25) is 0 Å². The Labute approximate surface area is 215 Å². The van der Waals surface area contributed by atoms with Crippen LogP contribution in [0.2, 0.25) is 0 Å². The van der Waals surface area contributed by atoms with Crippen LogP contribution in [0.25, 0.3) is 54.6 Å². The lowest BCUT2D eigenvalue weighted by Gasteiger charge is -2.28. The topological polar surface area (TPSA) is 3.24 Å². The van der Waals surface area contributed by atoms with Crippen molar-refractivity contribution in [2.75, 3.05) is 4.90 Å². The molecule has 0 radical (unpaired) electrons. The van der Waals surface area contributed by atoms with Crippen LogP contribution in [-0.2, 0) is 0 Å². The van der Waals surface area contributed by atoms with Crippen molar-refractivity contribution in [3.63, 3.8) is 0 Å². The molecule has 7 aromatic rings. The largest absolute Gasteiger partial charge is 0.310 e. The lowest BCUT2D eigenvalue weighted by Crippen LogP contribution is -2.10. The highest BCUT2D eigenvalue weighted by atomic mass is 15.1. The van der Waals surface area contributed by atoms with E-state index >= 15 is 0 Å². The minimum atomic E-state index is 1.16. The van der Waals surface area contributed by atoms with E-state index in [2.05, 4.69) is 144 Å². The molecule has 0 heterocycles. The van der Waals surface area contributed by atoms with Crippen LogP contribution in [0.1, 0.15) is 0 Å². The van der Waals surface area contributed by atoms with Crippen LogP contribution in [0, 0.1) is 0 Å². The van der Waals surface area contributed by atoms with Gasteiger partial charge in [-0.15, -0.1) is 0 Å². The molecule has 0 aliphatic heterocycles. The molecule has 0 fully saturated rings. The average Bonchev–Trinajstić information content (AvgIpc) is 3.29. The lowest BCUT2D eigenvalue weighted by molar-refractivity contribution is 1.31. The monoisotopic (exact) mass is 469 g/mol. The second-order valence-corrected chi connectivity index (χ2v) is 9.80. The van der Waals surface area contributed by atoms with E-state index in [1.54, 1.807) is 0 Å². The zero-order valence-electron chi connectivity index (χ0n) is 20.2. The van der Waals surface area contributed by atoms with Gasteiger partial charge < -0.3 is 4.90 Å². The van der Waals surface area contributed by atoms with Crippen LogP contribution in [0.3, 0.4) is 0 Å². The number of fused-ring (bicyclic) bond motifs is 5. The average molecular weight is 470 g/mol. The van der Waals surface area contributed by atoms with Gasteiger partial charge in [0, 0.05) is 16.8 Å². The molecule has 0 aromatic heterocycles. The van der Waals surface area contributed by atoms with Crippen LogP contribution in [0.5, 0.6) is 0 Å². The van der Waals surface area contributed by atoms with Gasteiger partial charge in [0.1, 0.15) is 0 Å². The predicted octanol–water partition coefficient (Wildman–Crippen LogP) is 10.3. The minimum absolute atomic E-state index is 1.16. The van der Waals surface area contributed by atoms with Crippen molar-refractivity contribution in [1.82, 2.24) is 0 Å². The predicted molar refractivity (Wildman–Crippen MR) is 158 cm³/mol. The molecule has 1 aliphatic carbocycles. The Bertz CT molecular complexity index is 1890. The Kier molecular flexibility index (Phi) is 4.29. The molecule has 0 saturated heterocycles. The van der Waals surface area contributed by atoms with Gasteiger partial charge in [0.15, 0.2) is 0 Å². The van der Waals surface area contributed by atoms with E-state index in [0.29, 0.717) is 0 Å². The summed E-state index contributed by atoms with van der Waals surface area (Å²) >= 11 is 0. The molecule has 0 spiro atoms. The van der Waals surface area contributed by atoms with Crippen molar-refractivity contribution in [2.24, 2.45) is 0 Å². The van der Waals surface area contributed by atoms with E-state index in [4.69, 9.17) is 0 Å². The Morgan fingerprint density at radius 2 is 0.865 bits per heavy atom. The Balaban J connectivity index is 1.43. The van der Waals surface area contributed by atoms with Crippen molar-refractivity contribution in [3.8, 4) is 22.3 Å². The van der Waals surface area contributed by atoms with Crippen LogP contribution in [0.15, 0.2) is 140 Å². The van der Waals surface area contributed by atoms with Crippen molar-refractivity contribution < 1.29 is 0 Å². The fourth-order valence-corrected chi connectivity index (χ4v) is 6.05. The fraction of sp³-hybridized carbons (Fsp3) is 0. The minimum Gasteiger partial charge on any atom is -0.310 e. The third-order valence-corrected chi connectivity index (χ3v) is 7.75. The second-order valence-electron chi connectivity index (χ2n) is 9.80. The molecule has 7 aromatic carbocycles. The summed E-state index contributed by atoms with van der Waals surface area (Å²) in [6, 6.07) is 50.9. The number of benzene rings is 7. The van der Waals surface area contributed by atoms with Crippen molar-refractivity contribution in [1.29, 1.82) is 0 Å². The van der Waals surface area contributed by atoms with Crippen molar-refractivity contribution in [2.45, 2.75) is 0 Å². The van der Waals surface area contributed by atoms with E-state index in [1.807, 2.05) is 0 Å². The first kappa shape index (κ1) is 20.3. The third kappa shape index (κ3) is 3.04. The highest BCUT2D eigenvalue weighted by molar-refractivity contribution is 6.19. The molecular weight excluding hydrogens is 446 g/mol. The molecule has 0 atom stereocenters. The summed E-state index contributed by atoms with van der Waals surface area (Å²) in [5, 5.41) is 7.59. The molecule has 0 unspecified atom stereocenters. The van der Waals surface area contributed by atoms with Gasteiger partial charge in [-0.2, -0.15) is 0 Å². The molecule has 0 N–H and O–H groups in total. The summed E-state index contributed by atoms with van der Waals surface area (Å²) in [4.78, 5) is 2.42. The molecule has 0 bridgehead atoms. The zero-order chi connectivity index (χ0) is 24.3. The number of hydrogen-bond acceptors (Lipinski definition) is 1. The summed E-state index contributed by atoms with van der Waals surface area (Å²) in [7, 11) is 0. The lowest BCUT2D eigenvalue weighted by atomic mass is 9.99. The van der Waals surface area contributed by atoms with E-state index in [9.17, 15) is 0 Å². The smallest absolute Gasteiger partial charge is 0.0540 e. The number of nitrogens with zero attached hydrogens (tertiary/aromatic N) is 1. The van der Waals surface area contributed by atoms with Gasteiger partial charge in [0.05, 0.1) is 5.69 Å². The Hall–Kier alpha value is -4.88. The first-order valence-corrected chi connectivity index (χ1v) is 12.8. The van der Waals surface area contributed by atoms with Gasteiger partial charge in [-0.05, 0) is 79.5 Å². The maximum absolute atomic E-state index is 2.42. The number of anilines is 3. The van der Waals surface area contributed by atoms with Gasteiger partial charge in [0.2, 0.25) is 0 Å². The van der Waals surface area contributed by atoms with Crippen molar-refractivity contribution in [3.05, 3.63) is 140 Å². The van der Waals surface area contributed by atoms with Gasteiger partial charge in [0.25, 0.3) is 0 Å². The molecule has 0 amide bonds. The summed E-state index contributed by atoms with van der Waals surface area (Å²) in [5.74, 6) is 0. The first-order valence-electron chi connectivity index (χ1n) is 12.8. The van der Waals surface area contributed by atoms with Gasteiger partial charge >= 0.3 is 0 Å². The molecule has 1 nitrogen and oxygen atoms in total. The molecule has 1 aliphatic rings. The van der Waals surface area contributed by atoms with E-state index in [1.165, 1.54) is 60.3 Å². The van der Waals surface area contributed by atoms with Crippen molar-refractivity contribution >= 4 is 49.4 Å². The summed E-state index contributed by atoms with van der Waals surface area (Å²) in [5.41, 5.74) is 8.80. The molecule has 1 heteroatoms. The second kappa shape index (κ2) is 7.81. The SMILES string of the molecule is c1ccc2c(c1)-c1cccc3c(N(c4ccc5ccccc5c4)c4ccc5ccccc5c4)ccc-2c13. The van der Waals surface area contributed by atoms with E-state index < -0.39 is 0 Å². The molecule has 172 valence electrons. The van der Waals surface area contributed by atoms with Crippen LogP contribution >= 0.6 is 0 Å². The van der Waals surface area contributed by atoms with Crippen LogP contribution < -0.4 is 4.90 Å². The molecule has 37 heavy (non-hydrogen) atoms. The maximum Gasteiger partial charge on any atom is 0.0540 e. The maximum atomic E-state index is 2.42. The standard InChI is InChI=1S/C36H23N/c1-3-10-26-22-28(18-16-24(26)8-1)37(29-19-17-25-9-2-4-11-27(25)23-29)35-21-20-33-31-13-6-5-12-30(31)32-14-7-15-34(35)36(32)33/h1-23H. The summed E-state index contributed by atoms with van der Waals surface area (Å²) in [6.45, 7) is 0. The summed E-state index contributed by atoms with van der Waals surface area (Å²) < 4.78 is 0. The number of hydrogen-bond donors (Lipinski definition) is 0. The molecule has 8 rings (SSSR count). The molecule has 0 saturated carbocycles. The summed E-state index contributed by atoms with van der Waals surface area (Å²) in [6.07, 6.45) is 0. The Morgan fingerprint density at radius 3 is 1.49 bits per heavy atom. The normalized spacial score (nSPS) is 11.8. The quantitative estimate of drug-likeness (QED) is 0.249. The van der Waals surface area contributed by atoms with E-state index in [-0.39, 0.29) is 0 Å². The fourth-order valence-electron chi connectivity index (χ4n) is 6.05. The highest BCUT2D eigenvalue weighted by Crippen LogP contribution is 2.51. The first-order chi connectivity index (χ1) is 18.3. The van der Waals surface area contributed by atoms with Crippen LogP contribution in [-0.4, -0.2) is 0 Å². The zero-order valence-corrected chi connectivity index (χ0v) is 20.2. The van der Waals surface area contributed by atoms with Gasteiger partial charge in [-0.25, -0.2) is 0 Å². The van der Waals surface area contributed by atoms with Gasteiger partial charge in [-0.1, -0.05) is 109 Å². The third-order valence-electron chi connectivity index (χ3n) is 7.75.